The van der Waals surface area contributed by atoms with Crippen LogP contribution < -0.4 is 0 Å². The van der Waals surface area contributed by atoms with Gasteiger partial charge < -0.3 is 10.1 Å². The number of hydrogen-bond donors (Lipinski definition) is 0. The predicted octanol–water partition coefficient (Wildman–Crippen LogP) is 1.19. The normalized spacial score (nSPS) is 9.91. The maximum Gasteiger partial charge on any atom is 0.342 e. The van der Waals surface area contributed by atoms with Crippen LogP contribution in [0.2, 0.25) is 0 Å². The van der Waals surface area contributed by atoms with Gasteiger partial charge in [-0.15, -0.1) is 0 Å². The van der Waals surface area contributed by atoms with Gasteiger partial charge in [0.15, 0.2) is 6.33 Å². The second-order valence-corrected chi connectivity index (χ2v) is 2.68. The van der Waals surface area contributed by atoms with Gasteiger partial charge in [0.1, 0.15) is 12.7 Å². The van der Waals surface area contributed by atoms with E-state index < -0.39 is 4.92 Å². The second-order valence-electron chi connectivity index (χ2n) is 1.89. The Bertz CT molecular complexity index is 260. The van der Waals surface area contributed by atoms with Crippen molar-refractivity contribution in [1.82, 2.24) is 9.55 Å². The van der Waals surface area contributed by atoms with E-state index in [1.165, 1.54) is 17.1 Å². The van der Waals surface area contributed by atoms with Crippen LogP contribution in [0.25, 0.3) is 0 Å². The van der Waals surface area contributed by atoms with E-state index in [9.17, 15) is 10.1 Å². The van der Waals surface area contributed by atoms with E-state index >= 15 is 0 Å². The highest BCUT2D eigenvalue weighted by Gasteiger charge is 2.10. The molecule has 0 unspecified atom stereocenters. The number of alkyl halides is 1. The van der Waals surface area contributed by atoms with Crippen molar-refractivity contribution in [2.24, 2.45) is 0 Å². The molecule has 0 aliphatic heterocycles. The molecular weight excluding hydrogens is 214 g/mol. The lowest BCUT2D eigenvalue weighted by Gasteiger charge is -1.95. The molecule has 0 amide bonds. The summed E-state index contributed by atoms with van der Waals surface area (Å²) in [6.45, 7) is 0.566. The first-order chi connectivity index (χ1) is 5.25. The number of halogens is 1. The third kappa shape index (κ3) is 1.76. The molecule has 60 valence electrons. The lowest BCUT2D eigenvalue weighted by molar-refractivity contribution is -0.392. The molecule has 1 rings (SSSR count). The summed E-state index contributed by atoms with van der Waals surface area (Å²) in [4.78, 5) is 13.5. The maximum absolute atomic E-state index is 10.3. The molecule has 0 fully saturated rings. The zero-order valence-electron chi connectivity index (χ0n) is 5.61. The van der Waals surface area contributed by atoms with Gasteiger partial charge in [-0.2, -0.15) is 0 Å². The summed E-state index contributed by atoms with van der Waals surface area (Å²) in [7, 11) is 0. The van der Waals surface area contributed by atoms with Gasteiger partial charge in [0.25, 0.3) is 0 Å². The SMILES string of the molecule is O=[N+]([O-])c1cncn1CCBr. The minimum atomic E-state index is -0.449. The van der Waals surface area contributed by atoms with Crippen LogP contribution in [0.15, 0.2) is 12.5 Å². The molecule has 0 aromatic carbocycles. The molecule has 11 heavy (non-hydrogen) atoms. The highest BCUT2D eigenvalue weighted by atomic mass is 79.9. The largest absolute Gasteiger partial charge is 0.358 e. The number of rotatable bonds is 3. The molecule has 0 bridgehead atoms. The van der Waals surface area contributed by atoms with Gasteiger partial charge in [0.05, 0.1) is 0 Å². The monoisotopic (exact) mass is 219 g/mol. The predicted molar refractivity (Wildman–Crippen MR) is 42.7 cm³/mol. The third-order valence-electron chi connectivity index (χ3n) is 1.20. The van der Waals surface area contributed by atoms with Crippen LogP contribution in [0.5, 0.6) is 0 Å². The van der Waals surface area contributed by atoms with E-state index in [1.807, 2.05) is 0 Å². The van der Waals surface area contributed by atoms with E-state index in [4.69, 9.17) is 0 Å². The minimum Gasteiger partial charge on any atom is -0.358 e. The van der Waals surface area contributed by atoms with Crippen molar-refractivity contribution in [1.29, 1.82) is 0 Å². The fourth-order valence-electron chi connectivity index (χ4n) is 0.729. The number of nitro groups is 1. The van der Waals surface area contributed by atoms with E-state index in [0.29, 0.717) is 11.9 Å². The minimum absolute atomic E-state index is 0.0319. The summed E-state index contributed by atoms with van der Waals surface area (Å²) in [6, 6.07) is 0. The molecule has 0 aliphatic carbocycles. The van der Waals surface area contributed by atoms with Gasteiger partial charge >= 0.3 is 5.82 Å². The number of aryl methyl sites for hydroxylation is 1. The Morgan fingerprint density at radius 1 is 1.82 bits per heavy atom. The Morgan fingerprint density at radius 2 is 2.55 bits per heavy atom. The van der Waals surface area contributed by atoms with Crippen molar-refractivity contribution in [2.45, 2.75) is 6.54 Å². The van der Waals surface area contributed by atoms with Gasteiger partial charge in [-0.1, -0.05) is 15.9 Å². The van der Waals surface area contributed by atoms with Crippen LogP contribution in [-0.4, -0.2) is 19.8 Å². The number of imidazole rings is 1. The Kier molecular flexibility index (Phi) is 2.58. The summed E-state index contributed by atoms with van der Waals surface area (Å²) < 4.78 is 1.48. The van der Waals surface area contributed by atoms with Crippen LogP contribution in [0.4, 0.5) is 5.82 Å². The Labute approximate surface area is 71.3 Å². The molecule has 0 saturated heterocycles. The average Bonchev–Trinajstić information content (AvgIpc) is 2.36. The lowest BCUT2D eigenvalue weighted by Crippen LogP contribution is -2.02. The summed E-state index contributed by atoms with van der Waals surface area (Å²) in [5, 5.41) is 11.0. The summed E-state index contributed by atoms with van der Waals surface area (Å²) in [5.41, 5.74) is 0. The van der Waals surface area contributed by atoms with Gasteiger partial charge in [0, 0.05) is 5.33 Å². The van der Waals surface area contributed by atoms with E-state index in [1.54, 1.807) is 0 Å². The summed E-state index contributed by atoms with van der Waals surface area (Å²) in [6.07, 6.45) is 2.68. The third-order valence-corrected chi connectivity index (χ3v) is 1.56. The lowest BCUT2D eigenvalue weighted by atomic mass is 10.7. The van der Waals surface area contributed by atoms with Crippen molar-refractivity contribution in [3.8, 4) is 0 Å². The number of nitrogens with zero attached hydrogens (tertiary/aromatic N) is 3. The zero-order valence-corrected chi connectivity index (χ0v) is 7.19. The Morgan fingerprint density at radius 3 is 3.09 bits per heavy atom. The molecule has 6 heteroatoms. The molecule has 0 radical (unpaired) electrons. The molecule has 0 atom stereocenters. The van der Waals surface area contributed by atoms with Gasteiger partial charge in [0.2, 0.25) is 0 Å². The molecule has 1 heterocycles. The molecule has 1 aromatic heterocycles. The van der Waals surface area contributed by atoms with Crippen molar-refractivity contribution in [3.05, 3.63) is 22.6 Å². The van der Waals surface area contributed by atoms with Crippen LogP contribution in [0, 0.1) is 10.1 Å². The van der Waals surface area contributed by atoms with Crippen molar-refractivity contribution in [2.75, 3.05) is 5.33 Å². The first-order valence-corrected chi connectivity index (χ1v) is 4.08. The van der Waals surface area contributed by atoms with E-state index in [0.717, 1.165) is 0 Å². The Balaban J connectivity index is 2.87. The van der Waals surface area contributed by atoms with Crippen molar-refractivity contribution in [3.63, 3.8) is 0 Å². The quantitative estimate of drug-likeness (QED) is 0.436. The van der Waals surface area contributed by atoms with Crippen molar-refractivity contribution < 1.29 is 4.92 Å². The van der Waals surface area contributed by atoms with Crippen LogP contribution in [0.1, 0.15) is 0 Å². The summed E-state index contributed by atoms with van der Waals surface area (Å²) in [5.74, 6) is 0.0319. The van der Waals surface area contributed by atoms with Gasteiger partial charge in [-0.25, -0.2) is 9.55 Å². The van der Waals surface area contributed by atoms with E-state index in [-0.39, 0.29) is 5.82 Å². The Hall–Kier alpha value is -0.910. The highest BCUT2D eigenvalue weighted by molar-refractivity contribution is 9.09. The van der Waals surface area contributed by atoms with Crippen molar-refractivity contribution >= 4 is 21.7 Å². The fourth-order valence-corrected chi connectivity index (χ4v) is 1.11. The standard InChI is InChI=1S/C5H6BrN3O2/c6-1-2-8-4-7-3-5(8)9(10)11/h3-4H,1-2H2. The zero-order chi connectivity index (χ0) is 8.27. The average molecular weight is 220 g/mol. The molecule has 0 N–H and O–H groups in total. The topological polar surface area (TPSA) is 61.0 Å². The van der Waals surface area contributed by atoms with Crippen LogP contribution >= 0.6 is 15.9 Å². The van der Waals surface area contributed by atoms with E-state index in [2.05, 4.69) is 20.9 Å². The number of hydrogen-bond acceptors (Lipinski definition) is 3. The first kappa shape index (κ1) is 8.19. The molecular formula is C5H6BrN3O2. The highest BCUT2D eigenvalue weighted by Crippen LogP contribution is 2.09. The van der Waals surface area contributed by atoms with Crippen LogP contribution in [0.3, 0.4) is 0 Å². The smallest absolute Gasteiger partial charge is 0.342 e. The summed E-state index contributed by atoms with van der Waals surface area (Å²) >= 11 is 3.18. The number of aromatic nitrogens is 2. The first-order valence-electron chi connectivity index (χ1n) is 2.96. The second kappa shape index (κ2) is 3.47. The fraction of sp³-hybridized carbons (Fsp3) is 0.400. The molecule has 5 nitrogen and oxygen atoms in total. The molecule has 1 aromatic rings. The van der Waals surface area contributed by atoms with Gasteiger partial charge in [-0.05, 0) is 4.92 Å². The van der Waals surface area contributed by atoms with Gasteiger partial charge in [-0.3, -0.25) is 0 Å². The molecule has 0 saturated carbocycles. The van der Waals surface area contributed by atoms with Crippen LogP contribution in [-0.2, 0) is 6.54 Å². The maximum atomic E-state index is 10.3. The molecule has 0 aliphatic rings. The molecule has 0 spiro atoms.